The summed E-state index contributed by atoms with van der Waals surface area (Å²) in [5, 5.41) is 10.7. The molecule has 0 saturated carbocycles. The molecule has 1 aromatic heterocycles. The minimum absolute atomic E-state index is 0.0394. The van der Waals surface area contributed by atoms with Crippen LogP contribution in [-0.4, -0.2) is 19.1 Å². The van der Waals surface area contributed by atoms with Crippen molar-refractivity contribution >= 4 is 21.4 Å². The molecular formula is C13H23NO3S2. The smallest absolute Gasteiger partial charge is 0.250 e. The lowest BCUT2D eigenvalue weighted by molar-refractivity contribution is 0.269. The van der Waals surface area contributed by atoms with Crippen molar-refractivity contribution in [3.05, 3.63) is 17.0 Å². The maximum Gasteiger partial charge on any atom is 0.250 e. The summed E-state index contributed by atoms with van der Waals surface area (Å²) in [6.07, 6.45) is 0.734. The summed E-state index contributed by atoms with van der Waals surface area (Å²) in [6.45, 7) is 9.87. The van der Waals surface area contributed by atoms with E-state index in [0.717, 1.165) is 17.8 Å². The lowest BCUT2D eigenvalue weighted by Gasteiger charge is -2.32. The molecule has 0 saturated heterocycles. The van der Waals surface area contributed by atoms with Crippen LogP contribution in [0.4, 0.5) is 0 Å². The van der Waals surface area contributed by atoms with Gasteiger partial charge in [0, 0.05) is 5.54 Å². The monoisotopic (exact) mass is 305 g/mol. The normalized spacial score (nSPS) is 13.8. The van der Waals surface area contributed by atoms with Crippen molar-refractivity contribution in [1.29, 1.82) is 0 Å². The van der Waals surface area contributed by atoms with Crippen LogP contribution < -0.4 is 4.72 Å². The highest BCUT2D eigenvalue weighted by atomic mass is 32.2. The molecule has 4 nitrogen and oxygen atoms in total. The predicted octanol–water partition coefficient (Wildman–Crippen LogP) is 2.73. The lowest BCUT2D eigenvalue weighted by Crippen LogP contribution is -2.45. The standard InChI is InChI=1S/C13H23NO3S2/c1-12(2,3)9-13(4,5)14-19(16,17)11-6-10(7-15)8-18-11/h6,8,14-15H,7,9H2,1-5H3. The summed E-state index contributed by atoms with van der Waals surface area (Å²) in [6, 6.07) is 1.51. The minimum Gasteiger partial charge on any atom is -0.392 e. The molecule has 0 fully saturated rings. The van der Waals surface area contributed by atoms with Gasteiger partial charge < -0.3 is 5.11 Å². The molecule has 110 valence electrons. The number of aliphatic hydroxyl groups is 1. The predicted molar refractivity (Wildman–Crippen MR) is 78.7 cm³/mol. The fraction of sp³-hybridized carbons (Fsp3) is 0.692. The third-order valence-corrected chi connectivity index (χ3v) is 5.65. The second kappa shape index (κ2) is 5.52. The van der Waals surface area contributed by atoms with E-state index in [4.69, 9.17) is 5.11 Å². The van der Waals surface area contributed by atoms with E-state index in [1.807, 2.05) is 13.8 Å². The zero-order valence-electron chi connectivity index (χ0n) is 12.1. The van der Waals surface area contributed by atoms with Crippen LogP contribution in [0.15, 0.2) is 15.7 Å². The molecule has 0 aliphatic heterocycles. The first-order chi connectivity index (χ1) is 8.45. The quantitative estimate of drug-likeness (QED) is 0.879. The molecule has 1 rings (SSSR count). The van der Waals surface area contributed by atoms with Crippen molar-refractivity contribution in [1.82, 2.24) is 4.72 Å². The Balaban J connectivity index is 2.90. The maximum atomic E-state index is 12.3. The Morgan fingerprint density at radius 3 is 2.26 bits per heavy atom. The zero-order valence-corrected chi connectivity index (χ0v) is 13.8. The number of hydrogen-bond acceptors (Lipinski definition) is 4. The molecule has 0 amide bonds. The summed E-state index contributed by atoms with van der Waals surface area (Å²) in [5.74, 6) is 0. The van der Waals surface area contributed by atoms with E-state index in [2.05, 4.69) is 25.5 Å². The number of rotatable bonds is 5. The van der Waals surface area contributed by atoms with E-state index < -0.39 is 15.6 Å². The first kappa shape index (κ1) is 16.6. The van der Waals surface area contributed by atoms with Crippen LogP contribution in [0.1, 0.15) is 46.6 Å². The number of thiophene rings is 1. The Hall–Kier alpha value is -0.430. The van der Waals surface area contributed by atoms with Crippen LogP contribution >= 0.6 is 11.3 Å². The topological polar surface area (TPSA) is 66.4 Å². The van der Waals surface area contributed by atoms with Crippen molar-refractivity contribution in [3.63, 3.8) is 0 Å². The molecule has 0 unspecified atom stereocenters. The highest BCUT2D eigenvalue weighted by molar-refractivity contribution is 7.91. The van der Waals surface area contributed by atoms with Gasteiger partial charge in [-0.25, -0.2) is 13.1 Å². The van der Waals surface area contributed by atoms with Gasteiger partial charge in [0.25, 0.3) is 10.0 Å². The fourth-order valence-corrected chi connectivity index (χ4v) is 4.97. The van der Waals surface area contributed by atoms with E-state index in [1.54, 1.807) is 5.38 Å². The van der Waals surface area contributed by atoms with Gasteiger partial charge in [-0.3, -0.25) is 0 Å². The first-order valence-corrected chi connectivity index (χ1v) is 8.54. The van der Waals surface area contributed by atoms with E-state index in [-0.39, 0.29) is 16.2 Å². The van der Waals surface area contributed by atoms with Gasteiger partial charge in [0.05, 0.1) is 6.61 Å². The number of hydrogen-bond donors (Lipinski definition) is 2. The van der Waals surface area contributed by atoms with Gasteiger partial charge in [-0.1, -0.05) is 20.8 Å². The SMILES string of the molecule is CC(C)(C)CC(C)(C)NS(=O)(=O)c1cc(CO)cs1. The fourth-order valence-electron chi connectivity index (χ4n) is 2.35. The van der Waals surface area contributed by atoms with E-state index in [9.17, 15) is 8.42 Å². The number of aliphatic hydroxyl groups excluding tert-OH is 1. The highest BCUT2D eigenvalue weighted by Gasteiger charge is 2.31. The summed E-state index contributed by atoms with van der Waals surface area (Å²) in [4.78, 5) is 0. The first-order valence-electron chi connectivity index (χ1n) is 6.17. The van der Waals surface area contributed by atoms with Crippen LogP contribution in [0, 0.1) is 5.41 Å². The molecule has 0 bridgehead atoms. The highest BCUT2D eigenvalue weighted by Crippen LogP contribution is 2.29. The molecule has 0 radical (unpaired) electrons. The Morgan fingerprint density at radius 2 is 1.84 bits per heavy atom. The van der Waals surface area contributed by atoms with E-state index in [1.165, 1.54) is 6.07 Å². The maximum absolute atomic E-state index is 12.3. The zero-order chi connectivity index (χ0) is 14.9. The van der Waals surface area contributed by atoms with Crippen molar-refractivity contribution < 1.29 is 13.5 Å². The average molecular weight is 305 g/mol. The van der Waals surface area contributed by atoms with Crippen molar-refractivity contribution in [2.75, 3.05) is 0 Å². The summed E-state index contributed by atoms with van der Waals surface area (Å²) in [5.41, 5.74) is 0.150. The van der Waals surface area contributed by atoms with Gasteiger partial charge in [0.2, 0.25) is 0 Å². The molecule has 0 aliphatic carbocycles. The molecule has 0 spiro atoms. The molecule has 2 N–H and O–H groups in total. The molecule has 19 heavy (non-hydrogen) atoms. The van der Waals surface area contributed by atoms with Crippen molar-refractivity contribution in [2.45, 2.75) is 57.4 Å². The van der Waals surface area contributed by atoms with Gasteiger partial charge >= 0.3 is 0 Å². The minimum atomic E-state index is -3.52. The Labute approximate surface area is 119 Å². The van der Waals surface area contributed by atoms with Crippen LogP contribution in [0.5, 0.6) is 0 Å². The van der Waals surface area contributed by atoms with Crippen LogP contribution in [0.25, 0.3) is 0 Å². The summed E-state index contributed by atoms with van der Waals surface area (Å²) >= 11 is 1.13. The summed E-state index contributed by atoms with van der Waals surface area (Å²) < 4.78 is 27.6. The van der Waals surface area contributed by atoms with Crippen LogP contribution in [-0.2, 0) is 16.6 Å². The number of nitrogens with one attached hydrogen (secondary N) is 1. The molecule has 0 aliphatic rings. The number of sulfonamides is 1. The Morgan fingerprint density at radius 1 is 1.26 bits per heavy atom. The average Bonchev–Trinajstić information content (AvgIpc) is 2.59. The van der Waals surface area contributed by atoms with Gasteiger partial charge in [-0.2, -0.15) is 0 Å². The molecule has 1 heterocycles. The molecular weight excluding hydrogens is 282 g/mol. The third kappa shape index (κ3) is 5.22. The van der Waals surface area contributed by atoms with Crippen molar-refractivity contribution in [2.24, 2.45) is 5.41 Å². The largest absolute Gasteiger partial charge is 0.392 e. The van der Waals surface area contributed by atoms with Crippen LogP contribution in [0.3, 0.4) is 0 Å². The molecule has 6 heteroatoms. The van der Waals surface area contributed by atoms with E-state index >= 15 is 0 Å². The van der Waals surface area contributed by atoms with E-state index in [0.29, 0.717) is 5.56 Å². The Kier molecular flexibility index (Phi) is 4.83. The van der Waals surface area contributed by atoms with Gasteiger partial charge in [-0.15, -0.1) is 11.3 Å². The second-order valence-electron chi connectivity index (χ2n) is 6.66. The Bertz CT molecular complexity index is 524. The molecule has 1 aromatic rings. The molecule has 0 aromatic carbocycles. The summed E-state index contributed by atoms with van der Waals surface area (Å²) in [7, 11) is -3.52. The van der Waals surface area contributed by atoms with Gasteiger partial charge in [0.15, 0.2) is 0 Å². The molecule has 0 atom stereocenters. The second-order valence-corrected chi connectivity index (χ2v) is 9.48. The van der Waals surface area contributed by atoms with Gasteiger partial charge in [0.1, 0.15) is 4.21 Å². The lowest BCUT2D eigenvalue weighted by atomic mass is 9.82. The third-order valence-electron chi connectivity index (χ3n) is 2.46. The van der Waals surface area contributed by atoms with Gasteiger partial charge in [-0.05, 0) is 42.7 Å². The van der Waals surface area contributed by atoms with Crippen molar-refractivity contribution in [3.8, 4) is 0 Å². The van der Waals surface area contributed by atoms with Crippen LogP contribution in [0.2, 0.25) is 0 Å².